The molecule has 1 aromatic heterocycles. The Bertz CT molecular complexity index is 932. The molecule has 0 fully saturated rings. The Morgan fingerprint density at radius 2 is 1.79 bits per heavy atom. The summed E-state index contributed by atoms with van der Waals surface area (Å²) in [5.74, 6) is -1.35. The minimum absolute atomic E-state index is 0.0368. The standard InChI is InChI=1S/C15H7Cl3FN3OS/c16-9-4-2-1-3-7(9)14-21-22-15(24-14)20-13(23)8-5-12(19)11(18)6-10(8)17/h1-6H,(H,20,22,23). The van der Waals surface area contributed by atoms with Gasteiger partial charge in [-0.15, -0.1) is 10.2 Å². The minimum Gasteiger partial charge on any atom is -0.296 e. The number of hydrogen-bond donors (Lipinski definition) is 1. The number of nitrogens with zero attached hydrogens (tertiary/aromatic N) is 2. The van der Waals surface area contributed by atoms with Gasteiger partial charge in [0, 0.05) is 5.56 Å². The lowest BCUT2D eigenvalue weighted by molar-refractivity contribution is 0.102. The SMILES string of the molecule is O=C(Nc1nnc(-c2ccccc2Cl)s1)c1cc(F)c(Cl)cc1Cl. The van der Waals surface area contributed by atoms with Gasteiger partial charge in [-0.2, -0.15) is 0 Å². The van der Waals surface area contributed by atoms with Crippen molar-refractivity contribution in [2.75, 3.05) is 5.32 Å². The Balaban J connectivity index is 1.84. The number of hydrogen-bond acceptors (Lipinski definition) is 4. The van der Waals surface area contributed by atoms with E-state index < -0.39 is 11.7 Å². The number of amides is 1. The molecule has 0 radical (unpaired) electrons. The summed E-state index contributed by atoms with van der Waals surface area (Å²) in [7, 11) is 0. The van der Waals surface area contributed by atoms with Crippen LogP contribution in [0.5, 0.6) is 0 Å². The van der Waals surface area contributed by atoms with Crippen LogP contribution in [0.15, 0.2) is 36.4 Å². The minimum atomic E-state index is -0.736. The Hall–Kier alpha value is -1.73. The van der Waals surface area contributed by atoms with Crippen LogP contribution in [0.1, 0.15) is 10.4 Å². The summed E-state index contributed by atoms with van der Waals surface area (Å²) in [6, 6.07) is 9.27. The molecule has 1 heterocycles. The molecular formula is C15H7Cl3FN3OS. The maximum Gasteiger partial charge on any atom is 0.259 e. The largest absolute Gasteiger partial charge is 0.296 e. The average molecular weight is 403 g/mol. The predicted molar refractivity (Wildman–Crippen MR) is 94.7 cm³/mol. The van der Waals surface area contributed by atoms with Gasteiger partial charge in [0.2, 0.25) is 5.13 Å². The molecule has 2 aromatic carbocycles. The van der Waals surface area contributed by atoms with Gasteiger partial charge < -0.3 is 0 Å². The second-order valence-corrected chi connectivity index (χ2v) is 6.79. The number of anilines is 1. The quantitative estimate of drug-likeness (QED) is 0.584. The third-order valence-corrected chi connectivity index (χ3v) is 4.81. The van der Waals surface area contributed by atoms with Gasteiger partial charge >= 0.3 is 0 Å². The van der Waals surface area contributed by atoms with Crippen molar-refractivity contribution in [3.05, 3.63) is 62.8 Å². The average Bonchev–Trinajstić information content (AvgIpc) is 2.99. The molecule has 0 saturated heterocycles. The molecule has 0 saturated carbocycles. The number of aromatic nitrogens is 2. The van der Waals surface area contributed by atoms with Crippen LogP contribution in [0.3, 0.4) is 0 Å². The molecule has 9 heteroatoms. The number of nitrogens with one attached hydrogen (secondary N) is 1. The summed E-state index contributed by atoms with van der Waals surface area (Å²) < 4.78 is 13.5. The van der Waals surface area contributed by atoms with E-state index >= 15 is 0 Å². The lowest BCUT2D eigenvalue weighted by atomic mass is 10.2. The summed E-state index contributed by atoms with van der Waals surface area (Å²) in [4.78, 5) is 12.2. The van der Waals surface area contributed by atoms with E-state index in [2.05, 4.69) is 15.5 Å². The summed E-state index contributed by atoms with van der Waals surface area (Å²) >= 11 is 18.8. The van der Waals surface area contributed by atoms with E-state index in [4.69, 9.17) is 34.8 Å². The molecule has 3 rings (SSSR count). The van der Waals surface area contributed by atoms with Crippen molar-refractivity contribution in [3.8, 4) is 10.6 Å². The number of carbonyl (C=O) groups is 1. The first-order chi connectivity index (χ1) is 11.5. The highest BCUT2D eigenvalue weighted by molar-refractivity contribution is 7.18. The van der Waals surface area contributed by atoms with Crippen LogP contribution < -0.4 is 5.32 Å². The van der Waals surface area contributed by atoms with Gasteiger partial charge in [0.05, 0.1) is 20.6 Å². The van der Waals surface area contributed by atoms with Gasteiger partial charge in [-0.25, -0.2) is 4.39 Å². The van der Waals surface area contributed by atoms with Crippen LogP contribution in [0.4, 0.5) is 9.52 Å². The third kappa shape index (κ3) is 3.52. The molecule has 0 aliphatic carbocycles. The van der Waals surface area contributed by atoms with Crippen LogP contribution in [-0.4, -0.2) is 16.1 Å². The van der Waals surface area contributed by atoms with Crippen molar-refractivity contribution in [1.29, 1.82) is 0 Å². The lowest BCUT2D eigenvalue weighted by Gasteiger charge is -2.05. The summed E-state index contributed by atoms with van der Waals surface area (Å²) in [5, 5.41) is 11.6. The first-order valence-electron chi connectivity index (χ1n) is 6.50. The van der Waals surface area contributed by atoms with Gasteiger partial charge in [-0.1, -0.05) is 64.3 Å². The second-order valence-electron chi connectivity index (χ2n) is 4.59. The number of carbonyl (C=O) groups excluding carboxylic acids is 1. The molecular weight excluding hydrogens is 396 g/mol. The first-order valence-corrected chi connectivity index (χ1v) is 8.45. The molecule has 1 N–H and O–H groups in total. The fraction of sp³-hybridized carbons (Fsp3) is 0. The molecule has 0 aliphatic rings. The molecule has 122 valence electrons. The van der Waals surface area contributed by atoms with Gasteiger partial charge in [0.15, 0.2) is 5.01 Å². The molecule has 0 spiro atoms. The topological polar surface area (TPSA) is 54.9 Å². The van der Waals surface area contributed by atoms with E-state index in [1.165, 1.54) is 6.07 Å². The maximum absolute atomic E-state index is 13.5. The van der Waals surface area contributed by atoms with Gasteiger partial charge in [-0.05, 0) is 18.2 Å². The van der Waals surface area contributed by atoms with E-state index in [0.29, 0.717) is 15.6 Å². The Morgan fingerprint density at radius 3 is 2.54 bits per heavy atom. The zero-order chi connectivity index (χ0) is 17.3. The highest BCUT2D eigenvalue weighted by atomic mass is 35.5. The Labute approximate surface area is 155 Å². The highest BCUT2D eigenvalue weighted by Gasteiger charge is 2.17. The molecule has 3 aromatic rings. The smallest absolute Gasteiger partial charge is 0.259 e. The van der Waals surface area contributed by atoms with E-state index in [0.717, 1.165) is 17.4 Å². The number of halogens is 4. The zero-order valence-corrected chi connectivity index (χ0v) is 14.8. The molecule has 0 bridgehead atoms. The third-order valence-electron chi connectivity index (χ3n) is 3.00. The van der Waals surface area contributed by atoms with E-state index in [-0.39, 0.29) is 20.7 Å². The van der Waals surface area contributed by atoms with E-state index in [1.54, 1.807) is 18.2 Å². The van der Waals surface area contributed by atoms with Crippen LogP contribution in [0, 0.1) is 5.82 Å². The van der Waals surface area contributed by atoms with Crippen LogP contribution >= 0.6 is 46.1 Å². The van der Waals surface area contributed by atoms with Crippen molar-refractivity contribution in [3.63, 3.8) is 0 Å². The van der Waals surface area contributed by atoms with Gasteiger partial charge in [0.1, 0.15) is 5.82 Å². The van der Waals surface area contributed by atoms with Crippen molar-refractivity contribution >= 4 is 57.2 Å². The first kappa shape index (κ1) is 17.1. The fourth-order valence-corrected chi connectivity index (χ4v) is 3.41. The Morgan fingerprint density at radius 1 is 1.04 bits per heavy atom. The van der Waals surface area contributed by atoms with Crippen LogP contribution in [0.2, 0.25) is 15.1 Å². The monoisotopic (exact) mass is 401 g/mol. The molecule has 4 nitrogen and oxygen atoms in total. The number of rotatable bonds is 3. The molecule has 24 heavy (non-hydrogen) atoms. The van der Waals surface area contributed by atoms with Crippen molar-refractivity contribution < 1.29 is 9.18 Å². The van der Waals surface area contributed by atoms with Crippen molar-refractivity contribution in [1.82, 2.24) is 10.2 Å². The van der Waals surface area contributed by atoms with E-state index in [1.807, 2.05) is 6.07 Å². The summed E-state index contributed by atoms with van der Waals surface area (Å²) in [5.41, 5.74) is 0.654. The van der Waals surface area contributed by atoms with Crippen LogP contribution in [0.25, 0.3) is 10.6 Å². The highest BCUT2D eigenvalue weighted by Crippen LogP contribution is 2.32. The maximum atomic E-state index is 13.5. The normalized spacial score (nSPS) is 10.7. The van der Waals surface area contributed by atoms with Crippen LogP contribution in [-0.2, 0) is 0 Å². The number of benzene rings is 2. The Kier molecular flexibility index (Phi) is 5.01. The summed E-state index contributed by atoms with van der Waals surface area (Å²) in [6.45, 7) is 0. The zero-order valence-electron chi connectivity index (χ0n) is 11.7. The predicted octanol–water partition coefficient (Wildman–Crippen LogP) is 5.56. The van der Waals surface area contributed by atoms with Crippen molar-refractivity contribution in [2.24, 2.45) is 0 Å². The van der Waals surface area contributed by atoms with Crippen molar-refractivity contribution in [2.45, 2.75) is 0 Å². The van der Waals surface area contributed by atoms with Gasteiger partial charge in [0.25, 0.3) is 5.91 Å². The lowest BCUT2D eigenvalue weighted by Crippen LogP contribution is -2.12. The summed E-state index contributed by atoms with van der Waals surface area (Å²) in [6.07, 6.45) is 0. The molecule has 0 atom stereocenters. The molecule has 0 unspecified atom stereocenters. The fourth-order valence-electron chi connectivity index (χ4n) is 1.88. The van der Waals surface area contributed by atoms with Gasteiger partial charge in [-0.3, -0.25) is 10.1 Å². The molecule has 1 amide bonds. The second kappa shape index (κ2) is 7.03. The van der Waals surface area contributed by atoms with E-state index in [9.17, 15) is 9.18 Å². The molecule has 0 aliphatic heterocycles.